The highest BCUT2D eigenvalue weighted by Gasteiger charge is 2.44. The Kier molecular flexibility index (Phi) is 9.80. The summed E-state index contributed by atoms with van der Waals surface area (Å²) in [6.07, 6.45) is 4.73. The van der Waals surface area contributed by atoms with Crippen LogP contribution in [-0.4, -0.2) is 105 Å². The fourth-order valence-corrected chi connectivity index (χ4v) is 8.04. The molecule has 240 valence electrons. The first-order chi connectivity index (χ1) is 20.9. The zero-order chi connectivity index (χ0) is 31.5. The van der Waals surface area contributed by atoms with Gasteiger partial charge in [-0.1, -0.05) is 18.2 Å². The van der Waals surface area contributed by atoms with Gasteiger partial charge in [0.05, 0.1) is 28.2 Å². The number of ether oxygens (including phenoxy) is 2. The van der Waals surface area contributed by atoms with Gasteiger partial charge in [-0.3, -0.25) is 4.68 Å². The van der Waals surface area contributed by atoms with Gasteiger partial charge in [-0.25, -0.2) is 21.1 Å². The summed E-state index contributed by atoms with van der Waals surface area (Å²) in [5, 5.41) is 18.1. The molecule has 2 fully saturated rings. The Morgan fingerprint density at radius 1 is 1.09 bits per heavy atom. The zero-order valence-electron chi connectivity index (χ0n) is 25.3. The van der Waals surface area contributed by atoms with Crippen LogP contribution in [-0.2, 0) is 31.3 Å². The predicted octanol–water partition coefficient (Wildman–Crippen LogP) is 2.16. The lowest BCUT2D eigenvalue weighted by Crippen LogP contribution is -2.47. The minimum absolute atomic E-state index is 0.00779. The third-order valence-electron chi connectivity index (χ3n) is 8.27. The molecule has 2 aromatic carbocycles. The molecule has 2 atom stereocenters. The Morgan fingerprint density at radius 2 is 1.82 bits per heavy atom. The Labute approximate surface area is 259 Å². The summed E-state index contributed by atoms with van der Waals surface area (Å²) in [4.78, 5) is 0.387. The van der Waals surface area contributed by atoms with Crippen molar-refractivity contribution in [3.63, 3.8) is 0 Å². The van der Waals surface area contributed by atoms with E-state index in [1.54, 1.807) is 36.5 Å². The van der Waals surface area contributed by atoms with Gasteiger partial charge < -0.3 is 19.9 Å². The SMILES string of the molecule is CCn1cc(-c2cccc(S(=O)(=O)N3CCC4(CC3)CC(NC[C@H](O)COc3cccc(S(=O)(=O)N(C)C)c3)CO4)c2)cn1. The van der Waals surface area contributed by atoms with Gasteiger partial charge in [-0.15, -0.1) is 0 Å². The van der Waals surface area contributed by atoms with E-state index in [2.05, 4.69) is 10.4 Å². The van der Waals surface area contributed by atoms with Gasteiger partial charge in [0.1, 0.15) is 18.5 Å². The molecular formula is C30H41N5O7S2. The lowest BCUT2D eigenvalue weighted by molar-refractivity contribution is -0.0312. The average Bonchev–Trinajstić information content (AvgIpc) is 3.67. The monoisotopic (exact) mass is 647 g/mol. The second-order valence-corrected chi connectivity index (χ2v) is 15.6. The van der Waals surface area contributed by atoms with Crippen LogP contribution in [0.15, 0.2) is 70.7 Å². The van der Waals surface area contributed by atoms with Crippen LogP contribution in [0.5, 0.6) is 5.75 Å². The predicted molar refractivity (Wildman–Crippen MR) is 165 cm³/mol. The molecule has 5 rings (SSSR count). The fourth-order valence-electron chi connectivity index (χ4n) is 5.62. The van der Waals surface area contributed by atoms with Gasteiger partial charge in [-0.2, -0.15) is 9.40 Å². The van der Waals surface area contributed by atoms with Crippen LogP contribution in [0.25, 0.3) is 11.1 Å². The number of nitrogens with zero attached hydrogens (tertiary/aromatic N) is 4. The van der Waals surface area contributed by atoms with Crippen LogP contribution in [0, 0.1) is 0 Å². The van der Waals surface area contributed by atoms with E-state index >= 15 is 0 Å². The smallest absolute Gasteiger partial charge is 0.243 e. The molecule has 1 unspecified atom stereocenters. The number of aliphatic hydroxyl groups is 1. The van der Waals surface area contributed by atoms with Crippen LogP contribution in [0.1, 0.15) is 26.2 Å². The summed E-state index contributed by atoms with van der Waals surface area (Å²) < 4.78 is 68.1. The number of sulfonamides is 2. The highest BCUT2D eigenvalue weighted by molar-refractivity contribution is 7.89. The number of hydrogen-bond donors (Lipinski definition) is 2. The maximum atomic E-state index is 13.5. The second-order valence-electron chi connectivity index (χ2n) is 11.5. The third-order valence-corrected chi connectivity index (χ3v) is 12.0. The van der Waals surface area contributed by atoms with Crippen molar-refractivity contribution in [2.24, 2.45) is 0 Å². The molecule has 3 aromatic rings. The minimum Gasteiger partial charge on any atom is -0.491 e. The topological polar surface area (TPSA) is 143 Å². The molecular weight excluding hydrogens is 606 g/mol. The Balaban J connectivity index is 1.10. The van der Waals surface area contributed by atoms with Crippen molar-refractivity contribution in [2.75, 3.05) is 46.9 Å². The van der Waals surface area contributed by atoms with Gasteiger partial charge in [0.15, 0.2) is 0 Å². The van der Waals surface area contributed by atoms with Gasteiger partial charge >= 0.3 is 0 Å². The first kappa shape index (κ1) is 32.5. The summed E-state index contributed by atoms with van der Waals surface area (Å²) in [7, 11) is -4.32. The van der Waals surface area contributed by atoms with Crippen LogP contribution < -0.4 is 10.1 Å². The van der Waals surface area contributed by atoms with E-state index in [1.807, 2.05) is 23.9 Å². The summed E-state index contributed by atoms with van der Waals surface area (Å²) in [6, 6.07) is 13.2. The number of aromatic nitrogens is 2. The van der Waals surface area contributed by atoms with Gasteiger partial charge in [0.2, 0.25) is 20.0 Å². The van der Waals surface area contributed by atoms with Gasteiger partial charge in [-0.05, 0) is 56.0 Å². The molecule has 1 aromatic heterocycles. The van der Waals surface area contributed by atoms with E-state index in [1.165, 1.54) is 30.5 Å². The van der Waals surface area contributed by atoms with Crippen molar-refractivity contribution in [1.29, 1.82) is 0 Å². The van der Waals surface area contributed by atoms with E-state index in [4.69, 9.17) is 9.47 Å². The summed E-state index contributed by atoms with van der Waals surface area (Å²) in [5.41, 5.74) is 1.28. The zero-order valence-corrected chi connectivity index (χ0v) is 26.9. The number of aliphatic hydroxyl groups excluding tert-OH is 1. The lowest BCUT2D eigenvalue weighted by atomic mass is 9.88. The number of nitrogens with one attached hydrogen (secondary N) is 1. The number of aryl methyl sites for hydroxylation is 1. The number of rotatable bonds is 12. The van der Waals surface area contributed by atoms with Crippen molar-refractivity contribution in [1.82, 2.24) is 23.7 Å². The molecule has 2 aliphatic rings. The summed E-state index contributed by atoms with van der Waals surface area (Å²) in [6.45, 7) is 4.21. The molecule has 0 saturated carbocycles. The van der Waals surface area contributed by atoms with Crippen LogP contribution >= 0.6 is 0 Å². The Bertz CT molecular complexity index is 1650. The highest BCUT2D eigenvalue weighted by Crippen LogP contribution is 2.37. The summed E-state index contributed by atoms with van der Waals surface area (Å²) in [5.74, 6) is 0.358. The standard InChI is InChI=1S/C30H41N5O7S2/c1-4-34-20-24(18-32-34)23-7-5-9-28(15-23)44(39,40)35-13-11-30(12-14-35)17-25(21-42-30)31-19-26(36)22-41-27-8-6-10-29(16-27)43(37,38)33(2)3/h5-10,15-16,18,20,25-26,31,36H,4,11-14,17,19,21-22H2,1-3H3/t25?,26-/m0/s1. The first-order valence-electron chi connectivity index (χ1n) is 14.8. The lowest BCUT2D eigenvalue weighted by Gasteiger charge is -2.38. The molecule has 2 aliphatic heterocycles. The van der Waals surface area contributed by atoms with E-state index in [0.717, 1.165) is 28.4 Å². The molecule has 3 heterocycles. The van der Waals surface area contributed by atoms with Crippen molar-refractivity contribution in [3.8, 4) is 16.9 Å². The normalized spacial score (nSPS) is 19.9. The maximum Gasteiger partial charge on any atom is 0.243 e. The van der Waals surface area contributed by atoms with Gasteiger partial charge in [0, 0.05) is 64.1 Å². The van der Waals surface area contributed by atoms with Crippen molar-refractivity contribution in [3.05, 3.63) is 60.9 Å². The minimum atomic E-state index is -3.66. The Morgan fingerprint density at radius 3 is 2.52 bits per heavy atom. The van der Waals surface area contributed by atoms with E-state index in [9.17, 15) is 21.9 Å². The summed E-state index contributed by atoms with van der Waals surface area (Å²) >= 11 is 0. The van der Waals surface area contributed by atoms with E-state index < -0.39 is 31.8 Å². The molecule has 0 aliphatic carbocycles. The number of benzene rings is 2. The molecule has 44 heavy (non-hydrogen) atoms. The van der Waals surface area contributed by atoms with Crippen molar-refractivity contribution in [2.45, 2.75) is 60.3 Å². The van der Waals surface area contributed by atoms with Crippen molar-refractivity contribution >= 4 is 20.0 Å². The molecule has 0 amide bonds. The fraction of sp³-hybridized carbons (Fsp3) is 0.500. The van der Waals surface area contributed by atoms with Gasteiger partial charge in [0.25, 0.3) is 0 Å². The molecule has 12 nitrogen and oxygen atoms in total. The average molecular weight is 648 g/mol. The molecule has 2 saturated heterocycles. The quantitative estimate of drug-likeness (QED) is 0.302. The van der Waals surface area contributed by atoms with E-state index in [-0.39, 0.29) is 29.0 Å². The molecule has 1 spiro atoms. The van der Waals surface area contributed by atoms with Crippen LogP contribution in [0.2, 0.25) is 0 Å². The maximum absolute atomic E-state index is 13.5. The van der Waals surface area contributed by atoms with Crippen LogP contribution in [0.4, 0.5) is 0 Å². The number of hydrogen-bond acceptors (Lipinski definition) is 9. The first-order valence-corrected chi connectivity index (χ1v) is 17.6. The molecule has 0 bridgehead atoms. The molecule has 0 radical (unpaired) electrons. The molecule has 2 N–H and O–H groups in total. The highest BCUT2D eigenvalue weighted by atomic mass is 32.2. The second kappa shape index (κ2) is 13.3. The van der Waals surface area contributed by atoms with Crippen molar-refractivity contribution < 1.29 is 31.4 Å². The van der Waals surface area contributed by atoms with Crippen LogP contribution in [0.3, 0.4) is 0 Å². The number of piperidine rings is 1. The Hall–Kier alpha value is -2.85. The largest absolute Gasteiger partial charge is 0.491 e. The van der Waals surface area contributed by atoms with E-state index in [0.29, 0.717) is 38.3 Å². The third kappa shape index (κ3) is 7.17. The molecule has 14 heteroatoms.